The van der Waals surface area contributed by atoms with Crippen LogP contribution in [0.1, 0.15) is 17.5 Å². The molecule has 0 spiro atoms. The van der Waals surface area contributed by atoms with E-state index >= 15 is 0 Å². The van der Waals surface area contributed by atoms with Crippen molar-refractivity contribution < 1.29 is 9.59 Å². The van der Waals surface area contributed by atoms with Gasteiger partial charge in [-0.1, -0.05) is 29.8 Å². The fourth-order valence-corrected chi connectivity index (χ4v) is 2.75. The molecule has 3 rings (SSSR count). The average Bonchev–Trinajstić information content (AvgIpc) is 3.40. The number of carbonyl (C=O) groups is 2. The van der Waals surface area contributed by atoms with Crippen molar-refractivity contribution in [1.29, 1.82) is 0 Å². The lowest BCUT2D eigenvalue weighted by Crippen LogP contribution is -2.29. The second-order valence-corrected chi connectivity index (χ2v) is 6.24. The third-order valence-corrected chi connectivity index (χ3v) is 4.46. The molecule has 2 unspecified atom stereocenters. The SMILES string of the molecule is O=C(NCc1ccncc1)C1CC1C(=O)NCc1ccccc1Cl. The molecule has 2 atom stereocenters. The van der Waals surface area contributed by atoms with Crippen LogP contribution < -0.4 is 10.6 Å². The number of amides is 2. The van der Waals surface area contributed by atoms with Gasteiger partial charge in [-0.2, -0.15) is 0 Å². The molecule has 0 aliphatic heterocycles. The lowest BCUT2D eigenvalue weighted by Gasteiger charge is -2.07. The largest absolute Gasteiger partial charge is 0.352 e. The van der Waals surface area contributed by atoms with Crippen molar-refractivity contribution in [2.24, 2.45) is 11.8 Å². The fraction of sp³-hybridized carbons (Fsp3) is 0.278. The van der Waals surface area contributed by atoms with Crippen molar-refractivity contribution in [2.45, 2.75) is 19.5 Å². The monoisotopic (exact) mass is 343 g/mol. The molecule has 0 bridgehead atoms. The van der Waals surface area contributed by atoms with Crippen molar-refractivity contribution in [2.75, 3.05) is 0 Å². The summed E-state index contributed by atoms with van der Waals surface area (Å²) in [6, 6.07) is 11.1. The summed E-state index contributed by atoms with van der Waals surface area (Å²) in [5, 5.41) is 6.33. The second kappa shape index (κ2) is 7.45. The Morgan fingerprint density at radius 2 is 1.62 bits per heavy atom. The zero-order valence-corrected chi connectivity index (χ0v) is 13.8. The number of aromatic nitrogens is 1. The minimum Gasteiger partial charge on any atom is -0.352 e. The average molecular weight is 344 g/mol. The normalized spacial score (nSPS) is 18.7. The van der Waals surface area contributed by atoms with E-state index in [1.165, 1.54) is 0 Å². The molecule has 1 aromatic heterocycles. The Balaban J connectivity index is 1.43. The zero-order valence-electron chi connectivity index (χ0n) is 13.0. The van der Waals surface area contributed by atoms with Crippen LogP contribution in [0, 0.1) is 11.8 Å². The molecule has 2 amide bonds. The number of hydrogen-bond acceptors (Lipinski definition) is 3. The van der Waals surface area contributed by atoms with E-state index in [0.29, 0.717) is 24.5 Å². The van der Waals surface area contributed by atoms with E-state index in [2.05, 4.69) is 15.6 Å². The van der Waals surface area contributed by atoms with Crippen molar-refractivity contribution in [3.63, 3.8) is 0 Å². The van der Waals surface area contributed by atoms with E-state index in [4.69, 9.17) is 11.6 Å². The molecular formula is C18H18ClN3O2. The number of pyridine rings is 1. The van der Waals surface area contributed by atoms with Crippen LogP contribution in [0.15, 0.2) is 48.8 Å². The third kappa shape index (κ3) is 4.11. The molecule has 0 radical (unpaired) electrons. The summed E-state index contributed by atoms with van der Waals surface area (Å²) in [7, 11) is 0. The van der Waals surface area contributed by atoms with Gasteiger partial charge in [0.05, 0.1) is 11.8 Å². The Morgan fingerprint density at radius 1 is 1.00 bits per heavy atom. The quantitative estimate of drug-likeness (QED) is 0.845. The molecule has 2 aromatic rings. The fourth-order valence-electron chi connectivity index (χ4n) is 2.55. The summed E-state index contributed by atoms with van der Waals surface area (Å²) in [5.41, 5.74) is 1.85. The predicted molar refractivity (Wildman–Crippen MR) is 91.0 cm³/mol. The summed E-state index contributed by atoms with van der Waals surface area (Å²) in [5.74, 6) is -0.660. The lowest BCUT2D eigenvalue weighted by atomic mass is 10.2. The first-order valence-corrected chi connectivity index (χ1v) is 8.20. The molecule has 1 aliphatic carbocycles. The Morgan fingerprint density at radius 3 is 2.29 bits per heavy atom. The molecule has 1 aromatic carbocycles. The Kier molecular flexibility index (Phi) is 5.11. The Bertz CT molecular complexity index is 736. The number of benzene rings is 1. The summed E-state index contributed by atoms with van der Waals surface area (Å²) < 4.78 is 0. The number of nitrogens with zero attached hydrogens (tertiary/aromatic N) is 1. The number of hydrogen-bond donors (Lipinski definition) is 2. The first-order valence-electron chi connectivity index (χ1n) is 7.83. The molecule has 1 heterocycles. The van der Waals surface area contributed by atoms with E-state index in [9.17, 15) is 9.59 Å². The van der Waals surface area contributed by atoms with Gasteiger partial charge in [0.2, 0.25) is 11.8 Å². The number of rotatable bonds is 6. The van der Waals surface area contributed by atoms with Crippen LogP contribution in [-0.4, -0.2) is 16.8 Å². The van der Waals surface area contributed by atoms with Gasteiger partial charge < -0.3 is 10.6 Å². The summed E-state index contributed by atoms with van der Waals surface area (Å²) in [4.78, 5) is 28.2. The van der Waals surface area contributed by atoms with Crippen molar-refractivity contribution in [3.8, 4) is 0 Å². The first kappa shape index (κ1) is 16.5. The summed E-state index contributed by atoms with van der Waals surface area (Å²) >= 11 is 6.06. The van der Waals surface area contributed by atoms with Gasteiger partial charge in [-0.05, 0) is 35.7 Å². The van der Waals surface area contributed by atoms with Crippen LogP contribution in [0.5, 0.6) is 0 Å². The zero-order chi connectivity index (χ0) is 16.9. The van der Waals surface area contributed by atoms with Gasteiger partial charge in [-0.25, -0.2) is 0 Å². The number of carbonyl (C=O) groups excluding carboxylic acids is 2. The van der Waals surface area contributed by atoms with Gasteiger partial charge in [0.15, 0.2) is 0 Å². The highest BCUT2D eigenvalue weighted by Gasteiger charge is 2.47. The number of halogens is 1. The number of nitrogens with one attached hydrogen (secondary N) is 2. The maximum absolute atomic E-state index is 12.1. The molecule has 6 heteroatoms. The van der Waals surface area contributed by atoms with Gasteiger partial charge in [-0.3, -0.25) is 14.6 Å². The minimum absolute atomic E-state index is 0.0790. The van der Waals surface area contributed by atoms with Crippen LogP contribution >= 0.6 is 11.6 Å². The maximum Gasteiger partial charge on any atom is 0.224 e. The second-order valence-electron chi connectivity index (χ2n) is 5.83. The van der Waals surface area contributed by atoms with E-state index in [-0.39, 0.29) is 23.7 Å². The molecule has 2 N–H and O–H groups in total. The van der Waals surface area contributed by atoms with Crippen molar-refractivity contribution in [1.82, 2.24) is 15.6 Å². The van der Waals surface area contributed by atoms with Crippen LogP contribution in [0.3, 0.4) is 0 Å². The smallest absolute Gasteiger partial charge is 0.224 e. The summed E-state index contributed by atoms with van der Waals surface area (Å²) in [6.07, 6.45) is 3.96. The molecule has 24 heavy (non-hydrogen) atoms. The van der Waals surface area contributed by atoms with E-state index in [0.717, 1.165) is 11.1 Å². The highest BCUT2D eigenvalue weighted by molar-refractivity contribution is 6.31. The van der Waals surface area contributed by atoms with Crippen molar-refractivity contribution in [3.05, 3.63) is 64.9 Å². The van der Waals surface area contributed by atoms with E-state index in [1.807, 2.05) is 30.3 Å². The molecule has 1 aliphatic rings. The van der Waals surface area contributed by atoms with Crippen LogP contribution in [0.25, 0.3) is 0 Å². The van der Waals surface area contributed by atoms with Gasteiger partial charge in [0.1, 0.15) is 0 Å². The predicted octanol–water partition coefficient (Wildman–Crippen LogP) is 2.30. The van der Waals surface area contributed by atoms with E-state index < -0.39 is 0 Å². The van der Waals surface area contributed by atoms with Crippen LogP contribution in [-0.2, 0) is 22.7 Å². The van der Waals surface area contributed by atoms with Gasteiger partial charge in [0, 0.05) is 30.5 Å². The molecule has 0 saturated heterocycles. The topological polar surface area (TPSA) is 71.1 Å². The Labute approximate surface area is 145 Å². The minimum atomic E-state index is -0.245. The van der Waals surface area contributed by atoms with Crippen molar-refractivity contribution >= 4 is 23.4 Å². The first-order chi connectivity index (χ1) is 11.6. The molecule has 5 nitrogen and oxygen atoms in total. The summed E-state index contributed by atoms with van der Waals surface area (Å²) in [6.45, 7) is 0.826. The van der Waals surface area contributed by atoms with Crippen LogP contribution in [0.4, 0.5) is 0 Å². The van der Waals surface area contributed by atoms with E-state index in [1.54, 1.807) is 18.5 Å². The maximum atomic E-state index is 12.1. The molecule has 1 fully saturated rings. The van der Waals surface area contributed by atoms with Gasteiger partial charge in [-0.15, -0.1) is 0 Å². The lowest BCUT2D eigenvalue weighted by molar-refractivity contribution is -0.127. The van der Waals surface area contributed by atoms with Gasteiger partial charge >= 0.3 is 0 Å². The van der Waals surface area contributed by atoms with Gasteiger partial charge in [0.25, 0.3) is 0 Å². The third-order valence-electron chi connectivity index (χ3n) is 4.09. The highest BCUT2D eigenvalue weighted by atomic mass is 35.5. The van der Waals surface area contributed by atoms with Crippen LogP contribution in [0.2, 0.25) is 5.02 Å². The Hall–Kier alpha value is -2.40. The molecular weight excluding hydrogens is 326 g/mol. The molecule has 1 saturated carbocycles. The standard InChI is InChI=1S/C18H18ClN3O2/c19-16-4-2-1-3-13(16)11-22-18(24)15-9-14(15)17(23)21-10-12-5-7-20-8-6-12/h1-8,14-15H,9-11H2,(H,21,23)(H,22,24). The molecule has 124 valence electrons. The highest BCUT2D eigenvalue weighted by Crippen LogP contribution is 2.38.